The molecule has 43 heavy (non-hydrogen) atoms. The number of halogens is 3. The summed E-state index contributed by atoms with van der Waals surface area (Å²) in [5, 5.41) is 0. The molecule has 0 saturated carbocycles. The van der Waals surface area contributed by atoms with E-state index in [0.717, 1.165) is 0 Å². The average molecular weight is 892 g/mol. The molecule has 0 aromatic heterocycles. The van der Waals surface area contributed by atoms with Crippen molar-refractivity contribution >= 4 is 37.2 Å². The second kappa shape index (κ2) is 18.8. The molecule has 0 fully saturated rings. The maximum atomic E-state index is 2.43. The molecule has 0 atom stereocenters. The standard InChI is InChI=1S/2C10H15.2C9H13.3ClH.Hf.Zr/c2*1-7-6-10(4,5)9(3)8(7)2;2*1-2-3-6-9-7-4-5-8-9;;;;;/h2*1-5H3;2*4,7H,2-3,5-6H2,1H3;3*1H;;. The van der Waals surface area contributed by atoms with Gasteiger partial charge in [0, 0.05) is 0 Å². The SMILES string of the molecule is CC1=C(C)C(C)(C)[C]([Zr][C]2=C(C)C(C)=C(C)C2(C)C)=C1C.CCCCC1=[C]([Hf][C]2=C(CCCC)C=CC2)CC=C1.Cl.Cl.Cl. The third-order valence-electron chi connectivity index (χ3n) is 10.3. The molecule has 0 spiro atoms. The fourth-order valence-corrected chi connectivity index (χ4v) is 17.0. The number of hydrogen-bond acceptors (Lipinski definition) is 0. The second-order valence-corrected chi connectivity index (χ2v) is 21.7. The van der Waals surface area contributed by atoms with Gasteiger partial charge in [0.1, 0.15) is 0 Å². The first kappa shape index (κ1) is 43.5. The summed E-state index contributed by atoms with van der Waals surface area (Å²) in [7, 11) is 0. The molecule has 0 radical (unpaired) electrons. The van der Waals surface area contributed by atoms with E-state index in [1.807, 2.05) is 6.66 Å². The minimum atomic E-state index is -0.730. The Morgan fingerprint density at radius 1 is 0.605 bits per heavy atom. The zero-order valence-corrected chi connectivity index (χ0v) is 37.7. The van der Waals surface area contributed by atoms with Crippen molar-refractivity contribution in [2.75, 3.05) is 0 Å². The van der Waals surface area contributed by atoms with Crippen LogP contribution >= 0.6 is 37.2 Å². The van der Waals surface area contributed by atoms with Crippen LogP contribution in [0.2, 0.25) is 0 Å². The smallest absolute Gasteiger partial charge is 0.147 e. The van der Waals surface area contributed by atoms with Crippen LogP contribution in [0.1, 0.15) is 134 Å². The van der Waals surface area contributed by atoms with Crippen LogP contribution in [0.15, 0.2) is 82.1 Å². The molecule has 5 heteroatoms. The minimum Gasteiger partial charge on any atom is -0.147 e. The van der Waals surface area contributed by atoms with E-state index in [4.69, 9.17) is 0 Å². The van der Waals surface area contributed by atoms with Crippen molar-refractivity contribution in [1.82, 2.24) is 0 Å². The largest absolute Gasteiger partial charge is 0.147 e. The van der Waals surface area contributed by atoms with Gasteiger partial charge in [-0.1, -0.05) is 0 Å². The van der Waals surface area contributed by atoms with Crippen LogP contribution in [-0.4, -0.2) is 0 Å². The van der Waals surface area contributed by atoms with Crippen molar-refractivity contribution in [2.24, 2.45) is 10.8 Å². The quantitative estimate of drug-likeness (QED) is 0.192. The third kappa shape index (κ3) is 9.78. The summed E-state index contributed by atoms with van der Waals surface area (Å²) in [4.78, 5) is 0. The summed E-state index contributed by atoms with van der Waals surface area (Å²) in [6.07, 6.45) is 20.3. The Kier molecular flexibility index (Phi) is 19.0. The maximum absolute atomic E-state index is 2.43. The first-order valence-corrected chi connectivity index (χ1v) is 21.9. The fraction of sp³-hybridized carbons (Fsp3) is 0.579. The maximum Gasteiger partial charge on any atom is -0.147 e. The zero-order chi connectivity index (χ0) is 29.8. The average Bonchev–Trinajstić information content (AvgIpc) is 3.62. The summed E-state index contributed by atoms with van der Waals surface area (Å²) in [5.41, 5.74) is 13.5. The topological polar surface area (TPSA) is 0 Å². The Morgan fingerprint density at radius 2 is 0.953 bits per heavy atom. The van der Waals surface area contributed by atoms with E-state index in [0.29, 0.717) is 0 Å². The molecule has 0 heterocycles. The van der Waals surface area contributed by atoms with E-state index in [1.54, 1.807) is 51.1 Å². The van der Waals surface area contributed by atoms with Gasteiger partial charge >= 0.3 is 274 Å². The molecule has 0 saturated heterocycles. The summed E-state index contributed by atoms with van der Waals surface area (Å²) in [6, 6.07) is 0. The fourth-order valence-electron chi connectivity index (χ4n) is 6.56. The first-order valence-electron chi connectivity index (χ1n) is 15.9. The van der Waals surface area contributed by atoms with Crippen molar-refractivity contribution in [3.05, 3.63) is 82.1 Å². The molecule has 0 aliphatic heterocycles. The Balaban J connectivity index is 0.000000770. The Morgan fingerprint density at radius 3 is 1.23 bits per heavy atom. The van der Waals surface area contributed by atoms with Gasteiger partial charge in [-0.15, -0.1) is 37.2 Å². The number of allylic oxidation sites excluding steroid dienone is 16. The third-order valence-corrected chi connectivity index (χ3v) is 22.4. The van der Waals surface area contributed by atoms with Crippen LogP contribution in [0.25, 0.3) is 0 Å². The zero-order valence-electron chi connectivity index (χ0n) is 29.2. The van der Waals surface area contributed by atoms with E-state index in [2.05, 4.69) is 107 Å². The van der Waals surface area contributed by atoms with Gasteiger partial charge in [-0.2, -0.15) is 0 Å². The number of hydrogen-bond donors (Lipinski definition) is 0. The second-order valence-electron chi connectivity index (χ2n) is 13.4. The van der Waals surface area contributed by atoms with E-state index in [-0.39, 0.29) is 48.1 Å². The van der Waals surface area contributed by atoms with Crippen molar-refractivity contribution in [2.45, 2.75) is 134 Å². The van der Waals surface area contributed by atoms with Gasteiger partial charge in [0.25, 0.3) is 0 Å². The van der Waals surface area contributed by atoms with Gasteiger partial charge in [-0.05, 0) is 0 Å². The molecule has 0 bridgehead atoms. The van der Waals surface area contributed by atoms with Gasteiger partial charge in [-0.25, -0.2) is 0 Å². The summed E-state index contributed by atoms with van der Waals surface area (Å²) in [6.45, 7) is 28.3. The van der Waals surface area contributed by atoms with Crippen molar-refractivity contribution in [3.8, 4) is 0 Å². The van der Waals surface area contributed by atoms with Crippen LogP contribution in [0.4, 0.5) is 0 Å². The van der Waals surface area contributed by atoms with Crippen molar-refractivity contribution in [1.29, 1.82) is 0 Å². The molecule has 4 aliphatic rings. The summed E-state index contributed by atoms with van der Waals surface area (Å²) < 4.78 is 7.37. The van der Waals surface area contributed by atoms with Gasteiger partial charge < -0.3 is 0 Å². The van der Waals surface area contributed by atoms with Crippen LogP contribution in [0, 0.1) is 10.8 Å². The summed E-state index contributed by atoms with van der Waals surface area (Å²) in [5.74, 6) is 0. The van der Waals surface area contributed by atoms with Gasteiger partial charge in [0.05, 0.1) is 0 Å². The molecule has 0 aromatic rings. The predicted molar refractivity (Wildman–Crippen MR) is 192 cm³/mol. The van der Waals surface area contributed by atoms with Gasteiger partial charge in [0.2, 0.25) is 0 Å². The Labute approximate surface area is 307 Å². The van der Waals surface area contributed by atoms with E-state index in [1.165, 1.54) is 51.4 Å². The first-order chi connectivity index (χ1) is 18.8. The number of unbranched alkanes of at least 4 members (excludes halogenated alkanes) is 2. The van der Waals surface area contributed by atoms with Gasteiger partial charge in [-0.3, -0.25) is 0 Å². The number of rotatable bonds is 10. The molecular formula is C38H59Cl3HfZr. The molecule has 0 aromatic carbocycles. The van der Waals surface area contributed by atoms with Crippen molar-refractivity contribution in [3.63, 3.8) is 0 Å². The van der Waals surface area contributed by atoms with Crippen molar-refractivity contribution < 1.29 is 46.1 Å². The normalized spacial score (nSPS) is 20.0. The minimum absolute atomic E-state index is 0. The Hall–Kier alpha value is 0.543. The molecule has 0 N–H and O–H groups in total. The molecule has 0 nitrogen and oxygen atoms in total. The molecule has 240 valence electrons. The molecular weight excluding hydrogens is 832 g/mol. The molecule has 0 amide bonds. The summed E-state index contributed by atoms with van der Waals surface area (Å²) >= 11 is -1.44. The van der Waals surface area contributed by atoms with Gasteiger partial charge in [0.15, 0.2) is 0 Å². The van der Waals surface area contributed by atoms with E-state index < -0.39 is 46.1 Å². The van der Waals surface area contributed by atoms with Crippen LogP contribution in [0.3, 0.4) is 0 Å². The predicted octanol–water partition coefficient (Wildman–Crippen LogP) is 13.5. The Bertz CT molecular complexity index is 1170. The van der Waals surface area contributed by atoms with Crippen LogP contribution < -0.4 is 0 Å². The molecule has 0 unspecified atom stereocenters. The molecule has 4 rings (SSSR count). The van der Waals surface area contributed by atoms with E-state index in [9.17, 15) is 0 Å². The monoisotopic (exact) mass is 890 g/mol. The van der Waals surface area contributed by atoms with Crippen LogP contribution in [-0.2, 0) is 46.1 Å². The van der Waals surface area contributed by atoms with Crippen LogP contribution in [0.5, 0.6) is 0 Å². The van der Waals surface area contributed by atoms with E-state index >= 15 is 0 Å². The molecule has 4 aliphatic carbocycles.